The lowest BCUT2D eigenvalue weighted by molar-refractivity contribution is -0.147. The van der Waals surface area contributed by atoms with Crippen molar-refractivity contribution in [1.82, 2.24) is 20.1 Å². The summed E-state index contributed by atoms with van der Waals surface area (Å²) in [7, 11) is 4.62. The van der Waals surface area contributed by atoms with E-state index in [0.29, 0.717) is 24.2 Å². The minimum absolute atomic E-state index is 0.221. The number of hydrogen-bond donors (Lipinski definition) is 1. The molecule has 2 heterocycles. The second-order valence-corrected chi connectivity index (χ2v) is 6.12. The predicted octanol–water partition coefficient (Wildman–Crippen LogP) is 1.02. The van der Waals surface area contributed by atoms with Gasteiger partial charge in [0.2, 0.25) is 0 Å². The first-order valence-electron chi connectivity index (χ1n) is 8.23. The summed E-state index contributed by atoms with van der Waals surface area (Å²) in [6, 6.07) is 2.47. The lowest BCUT2D eigenvalue weighted by Crippen LogP contribution is -2.48. The second-order valence-electron chi connectivity index (χ2n) is 6.12. The smallest absolute Gasteiger partial charge is 0.328 e. The molecule has 0 bridgehead atoms. The molecule has 2 rings (SSSR count). The first-order valence-corrected chi connectivity index (χ1v) is 8.23. The Hall–Kier alpha value is -2.64. The first-order chi connectivity index (χ1) is 11.9. The topological polar surface area (TPSA) is 91.8 Å². The minimum Gasteiger partial charge on any atom is -0.467 e. The molecule has 1 aromatic rings. The van der Waals surface area contributed by atoms with E-state index in [9.17, 15) is 14.4 Å². The number of carbonyl (C=O) groups excluding carboxylic acids is 3. The van der Waals surface area contributed by atoms with E-state index < -0.39 is 6.04 Å². The summed E-state index contributed by atoms with van der Waals surface area (Å²) in [5, 5.41) is 2.71. The van der Waals surface area contributed by atoms with Crippen molar-refractivity contribution in [2.45, 2.75) is 31.8 Å². The lowest BCUT2D eigenvalue weighted by atomic mass is 10.0. The molecule has 0 spiro atoms. The number of hydrogen-bond acceptors (Lipinski definition) is 5. The zero-order valence-electron chi connectivity index (χ0n) is 14.8. The van der Waals surface area contributed by atoms with E-state index in [1.165, 1.54) is 18.2 Å². The van der Waals surface area contributed by atoms with Gasteiger partial charge in [-0.05, 0) is 31.4 Å². The molecule has 0 saturated carbocycles. The van der Waals surface area contributed by atoms with Crippen LogP contribution in [0.5, 0.6) is 0 Å². The van der Waals surface area contributed by atoms with Crippen LogP contribution in [0.1, 0.15) is 35.3 Å². The molecule has 25 heavy (non-hydrogen) atoms. The van der Waals surface area contributed by atoms with Gasteiger partial charge in [-0.15, -0.1) is 0 Å². The van der Waals surface area contributed by atoms with E-state index in [2.05, 4.69) is 10.3 Å². The third-order valence-corrected chi connectivity index (χ3v) is 4.13. The first kappa shape index (κ1) is 18.7. The van der Waals surface area contributed by atoms with Crippen LogP contribution in [0.4, 0.5) is 4.79 Å². The number of likely N-dealkylation sites (tertiary alicyclic amines) is 1. The van der Waals surface area contributed by atoms with Gasteiger partial charge in [0.05, 0.1) is 19.3 Å². The molecule has 0 aromatic carbocycles. The molecule has 1 N–H and O–H groups in total. The van der Waals surface area contributed by atoms with Gasteiger partial charge in [0.15, 0.2) is 0 Å². The molecule has 0 aliphatic carbocycles. The Morgan fingerprint density at radius 1 is 1.36 bits per heavy atom. The van der Waals surface area contributed by atoms with Crippen molar-refractivity contribution in [3.05, 3.63) is 29.6 Å². The Kier molecular flexibility index (Phi) is 6.32. The van der Waals surface area contributed by atoms with Crippen LogP contribution in [-0.4, -0.2) is 66.5 Å². The Labute approximate surface area is 147 Å². The summed E-state index contributed by atoms with van der Waals surface area (Å²) in [4.78, 5) is 43.5. The van der Waals surface area contributed by atoms with Crippen LogP contribution in [0.3, 0.4) is 0 Å². The standard InChI is InChI=1S/C17H24N4O4/c1-20(2)17(24)19-11-13-10-12(7-8-18-13)15(22)21-9-5-4-6-14(21)16(23)25-3/h7-8,10,14H,4-6,9,11H2,1-3H3,(H,19,24). The Morgan fingerprint density at radius 2 is 2.12 bits per heavy atom. The Bertz CT molecular complexity index is 647. The van der Waals surface area contributed by atoms with Crippen LogP contribution < -0.4 is 5.32 Å². The van der Waals surface area contributed by atoms with Crippen LogP contribution in [0.2, 0.25) is 0 Å². The number of piperidine rings is 1. The molecule has 8 heteroatoms. The van der Waals surface area contributed by atoms with E-state index in [1.54, 1.807) is 31.1 Å². The number of aromatic nitrogens is 1. The highest BCUT2D eigenvalue weighted by Crippen LogP contribution is 2.21. The minimum atomic E-state index is -0.545. The van der Waals surface area contributed by atoms with E-state index in [4.69, 9.17) is 4.74 Å². The van der Waals surface area contributed by atoms with Crippen LogP contribution in [0.25, 0.3) is 0 Å². The van der Waals surface area contributed by atoms with E-state index >= 15 is 0 Å². The number of urea groups is 1. The molecule has 8 nitrogen and oxygen atoms in total. The fraction of sp³-hybridized carbons (Fsp3) is 0.529. The zero-order chi connectivity index (χ0) is 18.4. The van der Waals surface area contributed by atoms with Crippen LogP contribution in [0, 0.1) is 0 Å². The van der Waals surface area contributed by atoms with Gasteiger partial charge in [-0.3, -0.25) is 9.78 Å². The van der Waals surface area contributed by atoms with Gasteiger partial charge < -0.3 is 19.9 Å². The molecule has 1 atom stereocenters. The maximum absolute atomic E-state index is 12.8. The lowest BCUT2D eigenvalue weighted by Gasteiger charge is -2.33. The molecule has 1 aromatic heterocycles. The van der Waals surface area contributed by atoms with Crippen molar-refractivity contribution in [3.63, 3.8) is 0 Å². The molecule has 0 radical (unpaired) electrons. The van der Waals surface area contributed by atoms with Crippen LogP contribution in [0.15, 0.2) is 18.3 Å². The molecular weight excluding hydrogens is 324 g/mol. The van der Waals surface area contributed by atoms with Crippen molar-refractivity contribution in [3.8, 4) is 0 Å². The van der Waals surface area contributed by atoms with Gasteiger partial charge in [0, 0.05) is 32.4 Å². The molecular formula is C17H24N4O4. The highest BCUT2D eigenvalue weighted by atomic mass is 16.5. The average Bonchev–Trinajstić information content (AvgIpc) is 2.64. The summed E-state index contributed by atoms with van der Waals surface area (Å²) in [6.07, 6.45) is 3.88. The van der Waals surface area contributed by atoms with E-state index in [-0.39, 0.29) is 24.5 Å². The summed E-state index contributed by atoms with van der Waals surface area (Å²) < 4.78 is 4.82. The summed E-state index contributed by atoms with van der Waals surface area (Å²) in [6.45, 7) is 0.742. The summed E-state index contributed by atoms with van der Waals surface area (Å²) in [5.41, 5.74) is 1.02. The Morgan fingerprint density at radius 3 is 2.80 bits per heavy atom. The van der Waals surface area contributed by atoms with Crippen molar-refractivity contribution in [1.29, 1.82) is 0 Å². The van der Waals surface area contributed by atoms with Gasteiger partial charge in [-0.1, -0.05) is 0 Å². The maximum Gasteiger partial charge on any atom is 0.328 e. The van der Waals surface area contributed by atoms with Crippen LogP contribution in [-0.2, 0) is 16.1 Å². The molecule has 1 aliphatic heterocycles. The predicted molar refractivity (Wildman–Crippen MR) is 90.9 cm³/mol. The second kappa shape index (κ2) is 8.46. The largest absolute Gasteiger partial charge is 0.467 e. The number of pyridine rings is 1. The highest BCUT2D eigenvalue weighted by molar-refractivity contribution is 5.97. The molecule has 1 aliphatic rings. The van der Waals surface area contributed by atoms with Crippen LogP contribution >= 0.6 is 0 Å². The number of esters is 1. The van der Waals surface area contributed by atoms with Crippen molar-refractivity contribution >= 4 is 17.9 Å². The molecule has 3 amide bonds. The van der Waals surface area contributed by atoms with Gasteiger partial charge in [0.25, 0.3) is 5.91 Å². The number of rotatable bonds is 4. The van der Waals surface area contributed by atoms with Crippen molar-refractivity contribution in [2.75, 3.05) is 27.7 Å². The maximum atomic E-state index is 12.8. The third kappa shape index (κ3) is 4.68. The van der Waals surface area contributed by atoms with Gasteiger partial charge in [0.1, 0.15) is 6.04 Å². The number of carbonyl (C=O) groups is 3. The van der Waals surface area contributed by atoms with E-state index in [0.717, 1.165) is 12.8 Å². The van der Waals surface area contributed by atoms with E-state index in [1.807, 2.05) is 0 Å². The van der Waals surface area contributed by atoms with Gasteiger partial charge >= 0.3 is 12.0 Å². The average molecular weight is 348 g/mol. The Balaban J connectivity index is 2.11. The fourth-order valence-corrected chi connectivity index (χ4v) is 2.75. The fourth-order valence-electron chi connectivity index (χ4n) is 2.75. The molecule has 1 fully saturated rings. The number of ether oxygens (including phenoxy) is 1. The SMILES string of the molecule is COC(=O)C1CCCCN1C(=O)c1ccnc(CNC(=O)N(C)C)c1. The number of nitrogens with zero attached hydrogens (tertiary/aromatic N) is 3. The molecule has 136 valence electrons. The van der Waals surface area contributed by atoms with Gasteiger partial charge in [-0.2, -0.15) is 0 Å². The van der Waals surface area contributed by atoms with Gasteiger partial charge in [-0.25, -0.2) is 9.59 Å². The van der Waals surface area contributed by atoms with Crippen molar-refractivity contribution < 1.29 is 19.1 Å². The van der Waals surface area contributed by atoms with Crippen molar-refractivity contribution in [2.24, 2.45) is 0 Å². The zero-order valence-corrected chi connectivity index (χ0v) is 14.8. The number of methoxy groups -OCH3 is 1. The quantitative estimate of drug-likeness (QED) is 0.820. The normalized spacial score (nSPS) is 16.9. The summed E-state index contributed by atoms with van der Waals surface area (Å²) in [5.74, 6) is -0.613. The number of amides is 3. The monoisotopic (exact) mass is 348 g/mol. The molecule has 1 unspecified atom stereocenters. The third-order valence-electron chi connectivity index (χ3n) is 4.13. The summed E-state index contributed by atoms with van der Waals surface area (Å²) >= 11 is 0. The highest BCUT2D eigenvalue weighted by Gasteiger charge is 2.33. The number of nitrogens with one attached hydrogen (secondary N) is 1. The molecule has 1 saturated heterocycles.